The van der Waals surface area contributed by atoms with Crippen molar-refractivity contribution in [2.45, 2.75) is 13.3 Å². The van der Waals surface area contributed by atoms with Gasteiger partial charge in [-0.2, -0.15) is 0 Å². The third-order valence-electron chi connectivity index (χ3n) is 2.53. The van der Waals surface area contributed by atoms with E-state index in [1.807, 2.05) is 0 Å². The quantitative estimate of drug-likeness (QED) is 0.810. The first kappa shape index (κ1) is 14.9. The molecule has 0 atom stereocenters. The topological polar surface area (TPSA) is 69.4 Å². The molecule has 0 saturated carbocycles. The predicted molar refractivity (Wildman–Crippen MR) is 69.0 cm³/mol. The van der Waals surface area contributed by atoms with Crippen LogP contribution in [0.2, 0.25) is 0 Å². The Kier molecular flexibility index (Phi) is 5.55. The Balaban J connectivity index is 2.67. The van der Waals surface area contributed by atoms with Gasteiger partial charge < -0.3 is 10.5 Å². The summed E-state index contributed by atoms with van der Waals surface area (Å²) in [6, 6.07) is 4.14. The number of halogens is 1. The van der Waals surface area contributed by atoms with Gasteiger partial charge in [-0.15, -0.1) is 0 Å². The molecule has 0 fully saturated rings. The lowest BCUT2D eigenvalue weighted by Crippen LogP contribution is -2.16. The Labute approximate surface area is 107 Å². The number of rotatable bonds is 7. The monoisotopic (exact) mass is 275 g/mol. The predicted octanol–water partition coefficient (Wildman–Crippen LogP) is 1.14. The highest BCUT2D eigenvalue weighted by atomic mass is 32.2. The Morgan fingerprint density at radius 2 is 2.11 bits per heavy atom. The van der Waals surface area contributed by atoms with E-state index in [9.17, 15) is 12.8 Å². The zero-order valence-corrected chi connectivity index (χ0v) is 11.2. The van der Waals surface area contributed by atoms with E-state index in [0.717, 1.165) is 0 Å². The Morgan fingerprint density at radius 3 is 2.72 bits per heavy atom. The second-order valence-corrected chi connectivity index (χ2v) is 6.35. The van der Waals surface area contributed by atoms with Gasteiger partial charge in [-0.05, 0) is 36.7 Å². The van der Waals surface area contributed by atoms with E-state index in [2.05, 4.69) is 0 Å². The van der Waals surface area contributed by atoms with Crippen molar-refractivity contribution in [3.05, 3.63) is 29.6 Å². The lowest BCUT2D eigenvalue weighted by atomic mass is 10.1. The molecule has 0 aliphatic heterocycles. The summed E-state index contributed by atoms with van der Waals surface area (Å²) < 4.78 is 41.0. The second kappa shape index (κ2) is 6.70. The van der Waals surface area contributed by atoms with Crippen LogP contribution in [0.1, 0.15) is 12.5 Å². The van der Waals surface area contributed by atoms with Crippen molar-refractivity contribution in [2.75, 3.05) is 24.7 Å². The summed E-state index contributed by atoms with van der Waals surface area (Å²) in [5, 5.41) is 0. The minimum absolute atomic E-state index is 0.0387. The van der Waals surface area contributed by atoms with Crippen LogP contribution in [-0.4, -0.2) is 33.1 Å². The van der Waals surface area contributed by atoms with Gasteiger partial charge in [-0.3, -0.25) is 0 Å². The van der Waals surface area contributed by atoms with Crippen molar-refractivity contribution in [1.29, 1.82) is 0 Å². The smallest absolute Gasteiger partial charge is 0.153 e. The van der Waals surface area contributed by atoms with Crippen LogP contribution in [0.3, 0.4) is 0 Å². The summed E-state index contributed by atoms with van der Waals surface area (Å²) in [7, 11) is -3.05. The van der Waals surface area contributed by atoms with Crippen LogP contribution < -0.4 is 10.5 Å². The standard InChI is InChI=1S/C12H18FNO3S/c1-2-18(15,16)8-7-17-12-4-3-11(13)9-10(12)5-6-14/h3-4,9H,2,5-8,14H2,1H3. The van der Waals surface area contributed by atoms with E-state index >= 15 is 0 Å². The maximum atomic E-state index is 13.0. The first-order valence-corrected chi connectivity index (χ1v) is 7.62. The van der Waals surface area contributed by atoms with Gasteiger partial charge in [0.1, 0.15) is 18.2 Å². The van der Waals surface area contributed by atoms with Crippen molar-refractivity contribution in [3.8, 4) is 5.75 Å². The summed E-state index contributed by atoms with van der Waals surface area (Å²) >= 11 is 0. The summed E-state index contributed by atoms with van der Waals surface area (Å²) in [4.78, 5) is 0. The number of benzene rings is 1. The van der Waals surface area contributed by atoms with Crippen molar-refractivity contribution in [3.63, 3.8) is 0 Å². The molecule has 0 amide bonds. The van der Waals surface area contributed by atoms with Gasteiger partial charge in [0.15, 0.2) is 9.84 Å². The van der Waals surface area contributed by atoms with Crippen molar-refractivity contribution in [2.24, 2.45) is 5.73 Å². The van der Waals surface area contributed by atoms with Gasteiger partial charge in [-0.1, -0.05) is 6.92 Å². The highest BCUT2D eigenvalue weighted by molar-refractivity contribution is 7.91. The van der Waals surface area contributed by atoms with Crippen molar-refractivity contribution >= 4 is 9.84 Å². The summed E-state index contributed by atoms with van der Waals surface area (Å²) in [6.07, 6.45) is 0.494. The molecule has 1 aromatic carbocycles. The molecule has 0 heterocycles. The molecule has 0 spiro atoms. The molecule has 4 nitrogen and oxygen atoms in total. The maximum Gasteiger partial charge on any atom is 0.153 e. The SMILES string of the molecule is CCS(=O)(=O)CCOc1ccc(F)cc1CCN. The average molecular weight is 275 g/mol. The van der Waals surface area contributed by atoms with Crippen LogP contribution in [0.15, 0.2) is 18.2 Å². The van der Waals surface area contributed by atoms with Gasteiger partial charge in [0.25, 0.3) is 0 Å². The van der Waals surface area contributed by atoms with Crippen LogP contribution in [0.4, 0.5) is 4.39 Å². The minimum atomic E-state index is -3.05. The highest BCUT2D eigenvalue weighted by Crippen LogP contribution is 2.20. The fourth-order valence-corrected chi connectivity index (χ4v) is 2.09. The number of nitrogens with two attached hydrogens (primary N) is 1. The number of ether oxygens (including phenoxy) is 1. The number of hydrogen-bond acceptors (Lipinski definition) is 4. The third kappa shape index (κ3) is 4.62. The molecule has 6 heteroatoms. The van der Waals surface area contributed by atoms with E-state index in [0.29, 0.717) is 24.3 Å². The van der Waals surface area contributed by atoms with Crippen LogP contribution in [-0.2, 0) is 16.3 Å². The van der Waals surface area contributed by atoms with E-state index in [1.165, 1.54) is 18.2 Å². The molecule has 1 aromatic rings. The number of hydrogen-bond donors (Lipinski definition) is 1. The lowest BCUT2D eigenvalue weighted by Gasteiger charge is -2.11. The van der Waals surface area contributed by atoms with Crippen LogP contribution in [0.25, 0.3) is 0 Å². The molecule has 2 N–H and O–H groups in total. The van der Waals surface area contributed by atoms with Gasteiger partial charge in [0.05, 0.1) is 5.75 Å². The van der Waals surface area contributed by atoms with E-state index in [-0.39, 0.29) is 23.9 Å². The Bertz CT molecular complexity index is 488. The largest absolute Gasteiger partial charge is 0.492 e. The maximum absolute atomic E-state index is 13.0. The lowest BCUT2D eigenvalue weighted by molar-refractivity contribution is 0.336. The molecular weight excluding hydrogens is 257 g/mol. The Hall–Kier alpha value is -1.14. The van der Waals surface area contributed by atoms with Gasteiger partial charge >= 0.3 is 0 Å². The molecule has 0 aromatic heterocycles. The molecule has 0 radical (unpaired) electrons. The van der Waals surface area contributed by atoms with Crippen molar-refractivity contribution in [1.82, 2.24) is 0 Å². The fourth-order valence-electron chi connectivity index (χ4n) is 1.46. The first-order chi connectivity index (χ1) is 8.48. The first-order valence-electron chi connectivity index (χ1n) is 5.80. The van der Waals surface area contributed by atoms with Crippen molar-refractivity contribution < 1.29 is 17.5 Å². The average Bonchev–Trinajstić information content (AvgIpc) is 2.32. The molecule has 0 aliphatic carbocycles. The van der Waals surface area contributed by atoms with Crippen LogP contribution in [0, 0.1) is 5.82 Å². The summed E-state index contributed by atoms with van der Waals surface area (Å²) in [5.41, 5.74) is 6.08. The summed E-state index contributed by atoms with van der Waals surface area (Å²) in [6.45, 7) is 2.04. The van der Waals surface area contributed by atoms with E-state index < -0.39 is 9.84 Å². The van der Waals surface area contributed by atoms with Gasteiger partial charge in [-0.25, -0.2) is 12.8 Å². The molecular formula is C12H18FNO3S. The Morgan fingerprint density at radius 1 is 1.39 bits per heavy atom. The van der Waals surface area contributed by atoms with Crippen LogP contribution >= 0.6 is 0 Å². The molecule has 102 valence electrons. The molecule has 0 bridgehead atoms. The zero-order chi connectivity index (χ0) is 13.6. The van der Waals surface area contributed by atoms with E-state index in [4.69, 9.17) is 10.5 Å². The zero-order valence-electron chi connectivity index (χ0n) is 10.4. The fraction of sp³-hybridized carbons (Fsp3) is 0.500. The molecule has 0 aliphatic rings. The van der Waals surface area contributed by atoms with Gasteiger partial charge in [0, 0.05) is 5.75 Å². The van der Waals surface area contributed by atoms with Gasteiger partial charge in [0.2, 0.25) is 0 Å². The summed E-state index contributed by atoms with van der Waals surface area (Å²) in [5.74, 6) is 0.193. The molecule has 0 unspecified atom stereocenters. The van der Waals surface area contributed by atoms with E-state index in [1.54, 1.807) is 6.92 Å². The molecule has 18 heavy (non-hydrogen) atoms. The second-order valence-electron chi connectivity index (χ2n) is 3.88. The number of sulfone groups is 1. The molecule has 1 rings (SSSR count). The highest BCUT2D eigenvalue weighted by Gasteiger charge is 2.09. The third-order valence-corrected chi connectivity index (χ3v) is 4.20. The molecule has 0 saturated heterocycles. The normalized spacial score (nSPS) is 11.5. The van der Waals surface area contributed by atoms with Crippen LogP contribution in [0.5, 0.6) is 5.75 Å². The minimum Gasteiger partial charge on any atom is -0.492 e.